The highest BCUT2D eigenvalue weighted by Crippen LogP contribution is 2.24. The molecular weight excluding hydrogens is 212 g/mol. The van der Waals surface area contributed by atoms with Crippen molar-refractivity contribution in [2.24, 2.45) is 5.73 Å². The van der Waals surface area contributed by atoms with Crippen LogP contribution in [0.15, 0.2) is 11.7 Å². The number of thiazole rings is 1. The molecule has 0 fully saturated rings. The van der Waals surface area contributed by atoms with Gasteiger partial charge >= 0.3 is 0 Å². The first-order valence-electron chi connectivity index (χ1n) is 4.74. The van der Waals surface area contributed by atoms with E-state index in [1.54, 1.807) is 11.3 Å². The predicted octanol–water partition coefficient (Wildman–Crippen LogP) is 2.54. The SMILES string of the molecule is CC(C)(C)SCC(N)Cc1cncs1. The number of nitrogens with two attached hydrogens (primary N) is 1. The van der Waals surface area contributed by atoms with E-state index in [-0.39, 0.29) is 6.04 Å². The lowest BCUT2D eigenvalue weighted by atomic mass is 10.2. The molecule has 0 radical (unpaired) electrons. The van der Waals surface area contributed by atoms with Crippen LogP contribution in [-0.4, -0.2) is 21.5 Å². The van der Waals surface area contributed by atoms with Gasteiger partial charge in [-0.3, -0.25) is 4.98 Å². The maximum Gasteiger partial charge on any atom is 0.0794 e. The number of hydrogen-bond acceptors (Lipinski definition) is 4. The second-order valence-corrected chi connectivity index (χ2v) is 7.17. The third-order valence-electron chi connectivity index (χ3n) is 1.68. The molecule has 80 valence electrons. The molecule has 1 heterocycles. The first-order chi connectivity index (χ1) is 6.47. The standard InChI is InChI=1S/C10H18N2S2/c1-10(2,3)14-6-8(11)4-9-5-12-7-13-9/h5,7-8H,4,6,11H2,1-3H3. The second-order valence-electron chi connectivity index (χ2n) is 4.36. The molecule has 2 nitrogen and oxygen atoms in total. The molecule has 1 atom stereocenters. The monoisotopic (exact) mass is 230 g/mol. The number of rotatable bonds is 4. The van der Waals surface area contributed by atoms with Gasteiger partial charge in [-0.1, -0.05) is 20.8 Å². The Bertz CT molecular complexity index is 252. The molecule has 14 heavy (non-hydrogen) atoms. The second kappa shape index (κ2) is 5.14. The van der Waals surface area contributed by atoms with E-state index in [4.69, 9.17) is 5.73 Å². The molecule has 0 saturated heterocycles. The summed E-state index contributed by atoms with van der Waals surface area (Å²) in [7, 11) is 0. The van der Waals surface area contributed by atoms with E-state index in [0.29, 0.717) is 4.75 Å². The van der Waals surface area contributed by atoms with Gasteiger partial charge in [-0.2, -0.15) is 11.8 Å². The van der Waals surface area contributed by atoms with Gasteiger partial charge in [-0.25, -0.2) is 0 Å². The van der Waals surface area contributed by atoms with E-state index < -0.39 is 0 Å². The molecule has 1 aromatic rings. The highest BCUT2D eigenvalue weighted by atomic mass is 32.2. The van der Waals surface area contributed by atoms with Gasteiger partial charge in [0, 0.05) is 27.6 Å². The summed E-state index contributed by atoms with van der Waals surface area (Å²) >= 11 is 3.61. The van der Waals surface area contributed by atoms with Crippen molar-refractivity contribution in [3.63, 3.8) is 0 Å². The van der Waals surface area contributed by atoms with Gasteiger partial charge in [0.1, 0.15) is 0 Å². The average Bonchev–Trinajstić information content (AvgIpc) is 2.52. The van der Waals surface area contributed by atoms with Crippen LogP contribution in [0, 0.1) is 0 Å². The molecule has 1 unspecified atom stereocenters. The van der Waals surface area contributed by atoms with E-state index in [2.05, 4.69) is 25.8 Å². The van der Waals surface area contributed by atoms with Crippen LogP contribution in [0.25, 0.3) is 0 Å². The van der Waals surface area contributed by atoms with Gasteiger partial charge in [-0.05, 0) is 6.42 Å². The maximum atomic E-state index is 6.03. The minimum Gasteiger partial charge on any atom is -0.327 e. The first kappa shape index (κ1) is 12.0. The molecule has 0 spiro atoms. The summed E-state index contributed by atoms with van der Waals surface area (Å²) in [6, 6.07) is 0.250. The molecule has 0 aliphatic heterocycles. The fourth-order valence-electron chi connectivity index (χ4n) is 1.02. The maximum absolute atomic E-state index is 6.03. The molecule has 2 N–H and O–H groups in total. The third-order valence-corrected chi connectivity index (χ3v) is 3.94. The van der Waals surface area contributed by atoms with E-state index in [0.717, 1.165) is 12.2 Å². The normalized spacial score (nSPS) is 14.3. The van der Waals surface area contributed by atoms with Gasteiger partial charge in [0.05, 0.1) is 5.51 Å². The number of nitrogens with zero attached hydrogens (tertiary/aromatic N) is 1. The molecule has 4 heteroatoms. The van der Waals surface area contributed by atoms with Gasteiger partial charge in [0.2, 0.25) is 0 Å². The van der Waals surface area contributed by atoms with E-state index in [1.165, 1.54) is 4.88 Å². The quantitative estimate of drug-likeness (QED) is 0.864. The van der Waals surface area contributed by atoms with Crippen LogP contribution in [0.5, 0.6) is 0 Å². The Morgan fingerprint density at radius 1 is 1.57 bits per heavy atom. The summed E-state index contributed by atoms with van der Waals surface area (Å²) in [5.74, 6) is 1.02. The van der Waals surface area contributed by atoms with Crippen molar-refractivity contribution in [2.75, 3.05) is 5.75 Å². The Balaban J connectivity index is 2.26. The molecule has 0 amide bonds. The van der Waals surface area contributed by atoms with E-state index in [1.807, 2.05) is 23.5 Å². The van der Waals surface area contributed by atoms with Gasteiger partial charge in [0.15, 0.2) is 0 Å². The average molecular weight is 230 g/mol. The number of hydrogen-bond donors (Lipinski definition) is 1. The number of thioether (sulfide) groups is 1. The first-order valence-corrected chi connectivity index (χ1v) is 6.61. The predicted molar refractivity (Wildman–Crippen MR) is 66.0 cm³/mol. The van der Waals surface area contributed by atoms with Crippen LogP contribution in [-0.2, 0) is 6.42 Å². The van der Waals surface area contributed by atoms with Crippen molar-refractivity contribution in [1.29, 1.82) is 0 Å². The summed E-state index contributed by atoms with van der Waals surface area (Å²) < 4.78 is 0.311. The summed E-state index contributed by atoms with van der Waals surface area (Å²) in [5, 5.41) is 0. The molecule has 0 aliphatic rings. The Kier molecular flexibility index (Phi) is 4.41. The third kappa shape index (κ3) is 4.98. The van der Waals surface area contributed by atoms with Crippen LogP contribution in [0.1, 0.15) is 25.6 Å². The van der Waals surface area contributed by atoms with E-state index >= 15 is 0 Å². The van der Waals surface area contributed by atoms with Gasteiger partial charge < -0.3 is 5.73 Å². The van der Waals surface area contributed by atoms with Crippen molar-refractivity contribution < 1.29 is 0 Å². The summed E-state index contributed by atoms with van der Waals surface area (Å²) in [6.45, 7) is 6.66. The van der Waals surface area contributed by atoms with Crippen LogP contribution in [0.3, 0.4) is 0 Å². The molecule has 0 bridgehead atoms. The zero-order valence-corrected chi connectivity index (χ0v) is 10.6. The lowest BCUT2D eigenvalue weighted by Crippen LogP contribution is -2.27. The molecular formula is C10H18N2S2. The van der Waals surface area contributed by atoms with Crippen LogP contribution in [0.2, 0.25) is 0 Å². The Labute approximate surface area is 94.3 Å². The van der Waals surface area contributed by atoms with Crippen molar-refractivity contribution in [3.8, 4) is 0 Å². The Hall–Kier alpha value is -0.0600. The zero-order chi connectivity index (χ0) is 10.6. The lowest BCUT2D eigenvalue weighted by molar-refractivity contribution is 0.740. The van der Waals surface area contributed by atoms with Crippen molar-refractivity contribution in [3.05, 3.63) is 16.6 Å². The molecule has 1 rings (SSSR count). The van der Waals surface area contributed by atoms with E-state index in [9.17, 15) is 0 Å². The highest BCUT2D eigenvalue weighted by Gasteiger charge is 2.13. The summed E-state index contributed by atoms with van der Waals surface area (Å²) in [5.41, 5.74) is 7.89. The fourth-order valence-corrected chi connectivity index (χ4v) is 2.54. The van der Waals surface area contributed by atoms with Gasteiger partial charge in [-0.15, -0.1) is 11.3 Å². The topological polar surface area (TPSA) is 38.9 Å². The summed E-state index contributed by atoms with van der Waals surface area (Å²) in [4.78, 5) is 5.32. The summed E-state index contributed by atoms with van der Waals surface area (Å²) in [6.07, 6.45) is 2.86. The Morgan fingerprint density at radius 2 is 2.29 bits per heavy atom. The molecule has 0 aromatic carbocycles. The van der Waals surface area contributed by atoms with Crippen LogP contribution >= 0.6 is 23.1 Å². The molecule has 0 aliphatic carbocycles. The molecule has 1 aromatic heterocycles. The highest BCUT2D eigenvalue weighted by molar-refractivity contribution is 8.00. The lowest BCUT2D eigenvalue weighted by Gasteiger charge is -2.20. The number of aromatic nitrogens is 1. The Morgan fingerprint density at radius 3 is 2.79 bits per heavy atom. The largest absolute Gasteiger partial charge is 0.327 e. The zero-order valence-electron chi connectivity index (χ0n) is 8.99. The minimum absolute atomic E-state index is 0.250. The molecule has 0 saturated carbocycles. The van der Waals surface area contributed by atoms with Crippen LogP contribution in [0.4, 0.5) is 0 Å². The van der Waals surface area contributed by atoms with Gasteiger partial charge in [0.25, 0.3) is 0 Å². The van der Waals surface area contributed by atoms with Crippen molar-refractivity contribution >= 4 is 23.1 Å². The van der Waals surface area contributed by atoms with Crippen LogP contribution < -0.4 is 5.73 Å². The smallest absolute Gasteiger partial charge is 0.0794 e. The minimum atomic E-state index is 0.250. The van der Waals surface area contributed by atoms with Crippen molar-refractivity contribution in [2.45, 2.75) is 38.0 Å². The fraction of sp³-hybridized carbons (Fsp3) is 0.700. The van der Waals surface area contributed by atoms with Crippen molar-refractivity contribution in [1.82, 2.24) is 4.98 Å².